The van der Waals surface area contributed by atoms with Crippen LogP contribution in [0, 0.1) is 11.6 Å². The third-order valence-corrected chi connectivity index (χ3v) is 3.13. The molecule has 1 saturated heterocycles. The van der Waals surface area contributed by atoms with E-state index in [0.717, 1.165) is 37.6 Å². The minimum Gasteiger partial charge on any atom is -0.349 e. The van der Waals surface area contributed by atoms with Gasteiger partial charge in [0.05, 0.1) is 5.56 Å². The number of carbonyl (C=O) groups excluding carboxylic acids is 1. The predicted molar refractivity (Wildman–Crippen MR) is 64.3 cm³/mol. The van der Waals surface area contributed by atoms with Crippen molar-refractivity contribution in [2.75, 3.05) is 6.54 Å². The number of hydrogen-bond donors (Lipinski definition) is 2. The lowest BCUT2D eigenvalue weighted by molar-refractivity contribution is 0.0921. The molecule has 1 aliphatic heterocycles. The molecule has 0 bridgehead atoms. The summed E-state index contributed by atoms with van der Waals surface area (Å²) in [4.78, 5) is 11.9. The quantitative estimate of drug-likeness (QED) is 0.845. The normalized spacial score (nSPS) is 23.7. The van der Waals surface area contributed by atoms with E-state index in [9.17, 15) is 13.6 Å². The second kappa shape index (κ2) is 5.44. The molecular formula is C13H16F2N2O. The van der Waals surface area contributed by atoms with Gasteiger partial charge >= 0.3 is 0 Å². The summed E-state index contributed by atoms with van der Waals surface area (Å²) in [7, 11) is 0. The van der Waals surface area contributed by atoms with E-state index in [4.69, 9.17) is 0 Å². The number of carbonyl (C=O) groups is 1. The molecule has 2 atom stereocenters. The molecule has 1 heterocycles. The van der Waals surface area contributed by atoms with Crippen LogP contribution in [0.1, 0.15) is 30.1 Å². The van der Waals surface area contributed by atoms with E-state index in [1.54, 1.807) is 0 Å². The second-order valence-corrected chi connectivity index (χ2v) is 4.67. The molecule has 1 aliphatic rings. The van der Waals surface area contributed by atoms with E-state index in [1.165, 1.54) is 0 Å². The van der Waals surface area contributed by atoms with E-state index >= 15 is 0 Å². The minimum atomic E-state index is -0.698. The van der Waals surface area contributed by atoms with E-state index < -0.39 is 17.5 Å². The van der Waals surface area contributed by atoms with Gasteiger partial charge in [-0.1, -0.05) is 0 Å². The number of hydrogen-bond acceptors (Lipinski definition) is 2. The van der Waals surface area contributed by atoms with Gasteiger partial charge in [-0.3, -0.25) is 4.79 Å². The first-order valence-corrected chi connectivity index (χ1v) is 6.05. The lowest BCUT2D eigenvalue weighted by Gasteiger charge is -2.28. The average molecular weight is 254 g/mol. The smallest absolute Gasteiger partial charge is 0.254 e. The third kappa shape index (κ3) is 3.04. The Kier molecular flexibility index (Phi) is 3.91. The molecule has 0 radical (unpaired) electrons. The molecule has 1 fully saturated rings. The largest absolute Gasteiger partial charge is 0.349 e. The molecule has 1 aromatic rings. The SMILES string of the molecule is CC1CC(NC(=O)c2cc(F)ccc2F)CCN1. The second-order valence-electron chi connectivity index (χ2n) is 4.67. The van der Waals surface area contributed by atoms with Crippen molar-refractivity contribution in [3.05, 3.63) is 35.4 Å². The number of amides is 1. The monoisotopic (exact) mass is 254 g/mol. The Balaban J connectivity index is 2.05. The molecule has 3 nitrogen and oxygen atoms in total. The average Bonchev–Trinajstić information content (AvgIpc) is 2.32. The molecule has 2 N–H and O–H groups in total. The van der Waals surface area contributed by atoms with E-state index in [0.29, 0.717) is 6.04 Å². The first kappa shape index (κ1) is 13.0. The zero-order valence-corrected chi connectivity index (χ0v) is 10.2. The van der Waals surface area contributed by atoms with Crippen LogP contribution in [-0.2, 0) is 0 Å². The standard InChI is InChI=1S/C13H16F2N2O/c1-8-6-10(4-5-16-8)17-13(18)11-7-9(14)2-3-12(11)15/h2-3,7-8,10,16H,4-6H2,1H3,(H,17,18). The first-order valence-electron chi connectivity index (χ1n) is 6.05. The molecule has 0 aromatic heterocycles. The van der Waals surface area contributed by atoms with Crippen molar-refractivity contribution in [1.82, 2.24) is 10.6 Å². The van der Waals surface area contributed by atoms with Gasteiger partial charge in [0, 0.05) is 12.1 Å². The highest BCUT2D eigenvalue weighted by Gasteiger charge is 2.21. The summed E-state index contributed by atoms with van der Waals surface area (Å²) in [5, 5.41) is 6.01. The Morgan fingerprint density at radius 2 is 2.22 bits per heavy atom. The summed E-state index contributed by atoms with van der Waals surface area (Å²) in [5.41, 5.74) is -0.235. The number of halogens is 2. The molecule has 18 heavy (non-hydrogen) atoms. The van der Waals surface area contributed by atoms with Gasteiger partial charge in [0.15, 0.2) is 0 Å². The summed E-state index contributed by atoms with van der Waals surface area (Å²) in [6, 6.07) is 3.22. The van der Waals surface area contributed by atoms with Crippen molar-refractivity contribution in [2.24, 2.45) is 0 Å². The Hall–Kier alpha value is -1.49. The predicted octanol–water partition coefficient (Wildman–Crippen LogP) is 1.84. The summed E-state index contributed by atoms with van der Waals surface area (Å²) in [5.74, 6) is -1.86. The number of piperidine rings is 1. The molecule has 1 amide bonds. The van der Waals surface area contributed by atoms with Crippen LogP contribution in [0.3, 0.4) is 0 Å². The lowest BCUT2D eigenvalue weighted by Crippen LogP contribution is -2.46. The van der Waals surface area contributed by atoms with E-state index in [2.05, 4.69) is 10.6 Å². The number of nitrogens with one attached hydrogen (secondary N) is 2. The summed E-state index contributed by atoms with van der Waals surface area (Å²) in [6.07, 6.45) is 1.59. The maximum Gasteiger partial charge on any atom is 0.254 e. The first-order chi connectivity index (χ1) is 8.56. The Bertz CT molecular complexity index is 451. The van der Waals surface area contributed by atoms with Crippen LogP contribution in [0.25, 0.3) is 0 Å². The van der Waals surface area contributed by atoms with Gasteiger partial charge in [-0.2, -0.15) is 0 Å². The van der Waals surface area contributed by atoms with Gasteiger partial charge in [0.2, 0.25) is 0 Å². The lowest BCUT2D eigenvalue weighted by atomic mass is 10.00. The highest BCUT2D eigenvalue weighted by Crippen LogP contribution is 2.12. The Morgan fingerprint density at radius 3 is 2.94 bits per heavy atom. The van der Waals surface area contributed by atoms with E-state index in [-0.39, 0.29) is 11.6 Å². The van der Waals surface area contributed by atoms with Crippen LogP contribution in [0.5, 0.6) is 0 Å². The van der Waals surface area contributed by atoms with Crippen molar-refractivity contribution < 1.29 is 13.6 Å². The zero-order valence-electron chi connectivity index (χ0n) is 10.2. The fraction of sp³-hybridized carbons (Fsp3) is 0.462. The number of benzene rings is 1. The van der Waals surface area contributed by atoms with Crippen LogP contribution in [-0.4, -0.2) is 24.5 Å². The van der Waals surface area contributed by atoms with Crippen LogP contribution in [0.15, 0.2) is 18.2 Å². The van der Waals surface area contributed by atoms with Crippen molar-refractivity contribution in [3.8, 4) is 0 Å². The highest BCUT2D eigenvalue weighted by atomic mass is 19.1. The fourth-order valence-corrected chi connectivity index (χ4v) is 2.20. The molecule has 0 spiro atoms. The van der Waals surface area contributed by atoms with Crippen molar-refractivity contribution in [1.29, 1.82) is 0 Å². The van der Waals surface area contributed by atoms with Crippen molar-refractivity contribution in [2.45, 2.75) is 31.8 Å². The van der Waals surface area contributed by atoms with Gasteiger partial charge in [0.25, 0.3) is 5.91 Å². The molecular weight excluding hydrogens is 238 g/mol. The number of rotatable bonds is 2. The molecule has 0 saturated carbocycles. The highest BCUT2D eigenvalue weighted by molar-refractivity contribution is 5.94. The summed E-state index contributed by atoms with van der Waals surface area (Å²) < 4.78 is 26.4. The van der Waals surface area contributed by atoms with Crippen LogP contribution in [0.2, 0.25) is 0 Å². The van der Waals surface area contributed by atoms with Crippen LogP contribution < -0.4 is 10.6 Å². The van der Waals surface area contributed by atoms with Gasteiger partial charge in [0.1, 0.15) is 11.6 Å². The van der Waals surface area contributed by atoms with Gasteiger partial charge in [-0.25, -0.2) is 8.78 Å². The molecule has 0 aliphatic carbocycles. The fourth-order valence-electron chi connectivity index (χ4n) is 2.20. The summed E-state index contributed by atoms with van der Waals surface area (Å²) in [6.45, 7) is 2.85. The summed E-state index contributed by atoms with van der Waals surface area (Å²) >= 11 is 0. The maximum atomic E-state index is 13.4. The molecule has 2 rings (SSSR count). The zero-order chi connectivity index (χ0) is 13.1. The minimum absolute atomic E-state index is 0.0106. The van der Waals surface area contributed by atoms with Crippen molar-refractivity contribution >= 4 is 5.91 Å². The van der Waals surface area contributed by atoms with Gasteiger partial charge in [-0.05, 0) is 44.5 Å². The van der Waals surface area contributed by atoms with Gasteiger partial charge < -0.3 is 10.6 Å². The molecule has 98 valence electrons. The van der Waals surface area contributed by atoms with Crippen LogP contribution >= 0.6 is 0 Å². The maximum absolute atomic E-state index is 13.4. The topological polar surface area (TPSA) is 41.1 Å². The van der Waals surface area contributed by atoms with Gasteiger partial charge in [-0.15, -0.1) is 0 Å². The molecule has 2 unspecified atom stereocenters. The Labute approximate surface area is 105 Å². The molecule has 5 heteroatoms. The third-order valence-electron chi connectivity index (χ3n) is 3.13. The van der Waals surface area contributed by atoms with Crippen LogP contribution in [0.4, 0.5) is 8.78 Å². The Morgan fingerprint density at radius 1 is 1.44 bits per heavy atom. The van der Waals surface area contributed by atoms with E-state index in [1.807, 2.05) is 6.92 Å². The molecule has 1 aromatic carbocycles. The van der Waals surface area contributed by atoms with Crippen molar-refractivity contribution in [3.63, 3.8) is 0 Å².